The lowest BCUT2D eigenvalue weighted by Crippen LogP contribution is -2.00. The van der Waals surface area contributed by atoms with Crippen LogP contribution in [0.2, 0.25) is 0 Å². The molecule has 0 fully saturated rings. The van der Waals surface area contributed by atoms with Crippen LogP contribution in [0.25, 0.3) is 94.7 Å². The number of hydrogen-bond acceptors (Lipinski definition) is 4. The summed E-state index contributed by atoms with van der Waals surface area (Å²) in [6.45, 7) is 0. The van der Waals surface area contributed by atoms with Crippen molar-refractivity contribution in [2.45, 2.75) is 0 Å². The van der Waals surface area contributed by atoms with Crippen molar-refractivity contribution in [3.63, 3.8) is 0 Å². The van der Waals surface area contributed by atoms with E-state index in [4.69, 9.17) is 26.2 Å². The molecule has 0 saturated heterocycles. The van der Waals surface area contributed by atoms with Gasteiger partial charge in [-0.3, -0.25) is 0 Å². The van der Waals surface area contributed by atoms with Crippen molar-refractivity contribution >= 4 is 43.7 Å². The summed E-state index contributed by atoms with van der Waals surface area (Å²) in [5.74, 6) is 1.54. The minimum atomic E-state index is -0.454. The molecular formula is C45H28N4O. The molecule has 0 saturated carbocycles. The molecule has 0 spiro atoms. The van der Waals surface area contributed by atoms with Crippen molar-refractivity contribution in [2.24, 2.45) is 0 Å². The normalized spacial score (nSPS) is 13.0. The van der Waals surface area contributed by atoms with Gasteiger partial charge in [0.2, 0.25) is 0 Å². The van der Waals surface area contributed by atoms with E-state index >= 15 is 0 Å². The molecule has 50 heavy (non-hydrogen) atoms. The Kier molecular flexibility index (Phi) is 5.35. The molecule has 0 atom stereocenters. The summed E-state index contributed by atoms with van der Waals surface area (Å²) in [5.41, 5.74) is 6.52. The van der Waals surface area contributed by atoms with E-state index < -0.39 is 18.1 Å². The van der Waals surface area contributed by atoms with Gasteiger partial charge < -0.3 is 8.98 Å². The highest BCUT2D eigenvalue weighted by atomic mass is 16.3. The summed E-state index contributed by atoms with van der Waals surface area (Å²) in [6, 6.07) is 43.7. The van der Waals surface area contributed by atoms with Gasteiger partial charge in [0.05, 0.1) is 17.9 Å². The fourth-order valence-electron chi connectivity index (χ4n) is 6.84. The minimum absolute atomic E-state index is 0.0652. The van der Waals surface area contributed by atoms with Gasteiger partial charge in [-0.15, -0.1) is 0 Å². The largest absolute Gasteiger partial charge is 0.455 e. The van der Waals surface area contributed by atoms with Crippen LogP contribution < -0.4 is 0 Å². The zero-order valence-electron chi connectivity index (χ0n) is 31.5. The predicted octanol–water partition coefficient (Wildman–Crippen LogP) is 11.5. The van der Waals surface area contributed by atoms with E-state index in [1.165, 1.54) is 0 Å². The number of para-hydroxylation sites is 2. The van der Waals surface area contributed by atoms with Crippen LogP contribution in [0.1, 0.15) is 6.85 Å². The second kappa shape index (κ2) is 11.4. The number of rotatable bonds is 5. The van der Waals surface area contributed by atoms with E-state index in [2.05, 4.69) is 28.8 Å². The van der Waals surface area contributed by atoms with Gasteiger partial charge in [0.15, 0.2) is 17.5 Å². The molecule has 0 aliphatic rings. The summed E-state index contributed by atoms with van der Waals surface area (Å²) in [7, 11) is 0. The van der Waals surface area contributed by atoms with Gasteiger partial charge in [0.25, 0.3) is 0 Å². The van der Waals surface area contributed by atoms with Crippen LogP contribution in [-0.4, -0.2) is 19.5 Å². The maximum atomic E-state index is 8.98. The minimum Gasteiger partial charge on any atom is -0.455 e. The molecule has 0 unspecified atom stereocenters. The number of fused-ring (bicyclic) bond motifs is 6. The van der Waals surface area contributed by atoms with Crippen LogP contribution in [0.5, 0.6) is 0 Å². The van der Waals surface area contributed by atoms with E-state index in [0.29, 0.717) is 39.8 Å². The molecule has 3 aromatic heterocycles. The first-order valence-corrected chi connectivity index (χ1v) is 16.3. The van der Waals surface area contributed by atoms with Gasteiger partial charge in [-0.25, -0.2) is 15.0 Å². The lowest BCUT2D eigenvalue weighted by atomic mass is 10.0. The van der Waals surface area contributed by atoms with E-state index in [1.54, 1.807) is 0 Å². The molecule has 3 heterocycles. The maximum Gasteiger partial charge on any atom is 0.164 e. The van der Waals surface area contributed by atoms with Crippen molar-refractivity contribution in [1.29, 1.82) is 0 Å². The topological polar surface area (TPSA) is 56.7 Å². The van der Waals surface area contributed by atoms with Gasteiger partial charge in [0.1, 0.15) is 11.2 Å². The Morgan fingerprint density at radius 2 is 1.02 bits per heavy atom. The standard InChI is InChI=1S/C45H28N4O/c1-4-14-29(15-5-1)37-27-33(49-39-22-12-10-20-34(39)35-21-11-13-23-40(35)49)28-38-36-25-24-32(26-41(36)50-42(37)38)45-47-43(30-16-6-2-7-17-30)46-44(48-45)31-18-8-3-9-19-31/h1-28H/i1D,4D,5D,14D,15D. The first-order chi connectivity index (χ1) is 26.9. The third-order valence-electron chi connectivity index (χ3n) is 9.12. The van der Waals surface area contributed by atoms with Crippen molar-refractivity contribution in [3.05, 3.63) is 170 Å². The smallest absolute Gasteiger partial charge is 0.164 e. The monoisotopic (exact) mass is 645 g/mol. The fourth-order valence-corrected chi connectivity index (χ4v) is 6.84. The van der Waals surface area contributed by atoms with Gasteiger partial charge in [0, 0.05) is 49.5 Å². The summed E-state index contributed by atoms with van der Waals surface area (Å²) in [6.07, 6.45) is 0. The Morgan fingerprint density at radius 1 is 0.460 bits per heavy atom. The number of benzene rings is 7. The van der Waals surface area contributed by atoms with E-state index in [9.17, 15) is 0 Å². The molecule has 234 valence electrons. The average Bonchev–Trinajstić information content (AvgIpc) is 3.78. The molecule has 0 radical (unpaired) electrons. The van der Waals surface area contributed by atoms with Gasteiger partial charge in [-0.2, -0.15) is 0 Å². The predicted molar refractivity (Wildman–Crippen MR) is 203 cm³/mol. The quantitative estimate of drug-likeness (QED) is 0.187. The second-order valence-electron chi connectivity index (χ2n) is 12.1. The number of hydrogen-bond donors (Lipinski definition) is 0. The zero-order valence-corrected chi connectivity index (χ0v) is 26.5. The maximum absolute atomic E-state index is 8.98. The highest BCUT2D eigenvalue weighted by Crippen LogP contribution is 2.41. The molecule has 10 rings (SSSR count). The van der Waals surface area contributed by atoms with Crippen LogP contribution >= 0.6 is 0 Å². The van der Waals surface area contributed by atoms with Crippen molar-refractivity contribution in [1.82, 2.24) is 19.5 Å². The van der Waals surface area contributed by atoms with E-state index in [-0.39, 0.29) is 17.6 Å². The zero-order chi connectivity index (χ0) is 37.4. The molecule has 0 aliphatic heterocycles. The summed E-state index contributed by atoms with van der Waals surface area (Å²) in [5, 5.41) is 3.67. The Hall–Kier alpha value is -6.85. The first-order valence-electron chi connectivity index (χ1n) is 18.8. The Balaban J connectivity index is 1.25. The molecule has 0 bridgehead atoms. The number of furan rings is 1. The molecule has 7 aromatic carbocycles. The van der Waals surface area contributed by atoms with Gasteiger partial charge in [-0.05, 0) is 42.0 Å². The summed E-state index contributed by atoms with van der Waals surface area (Å²) < 4.78 is 52.1. The third-order valence-corrected chi connectivity index (χ3v) is 9.12. The summed E-state index contributed by atoms with van der Waals surface area (Å²) >= 11 is 0. The Morgan fingerprint density at radius 3 is 1.64 bits per heavy atom. The second-order valence-corrected chi connectivity index (χ2v) is 12.1. The lowest BCUT2D eigenvalue weighted by molar-refractivity contribution is 0.670. The lowest BCUT2D eigenvalue weighted by Gasteiger charge is -2.11. The third kappa shape index (κ3) is 4.60. The number of nitrogens with zero attached hydrogens (tertiary/aromatic N) is 4. The Bertz CT molecular complexity index is 3020. The van der Waals surface area contributed by atoms with Crippen LogP contribution in [0, 0.1) is 0 Å². The van der Waals surface area contributed by atoms with Gasteiger partial charge in [-0.1, -0.05) is 133 Å². The summed E-state index contributed by atoms with van der Waals surface area (Å²) in [4.78, 5) is 14.6. The molecule has 5 heteroatoms. The SMILES string of the molecule is [2H]c1c([2H])c([2H])c(-c2cc(-n3c4ccccc4c4ccccc43)cc3c2oc2cc(-c4nc(-c5ccccc5)nc(-c5ccccc5)n4)ccc23)c([2H])c1[2H]. The highest BCUT2D eigenvalue weighted by molar-refractivity contribution is 6.13. The molecule has 0 amide bonds. The molecule has 0 N–H and O–H groups in total. The van der Waals surface area contributed by atoms with Crippen LogP contribution in [0.15, 0.2) is 174 Å². The highest BCUT2D eigenvalue weighted by Gasteiger charge is 2.19. The molecule has 10 aromatic rings. The number of aromatic nitrogens is 4. The first kappa shape index (κ1) is 23.5. The van der Waals surface area contributed by atoms with E-state index in [0.717, 1.165) is 49.4 Å². The van der Waals surface area contributed by atoms with Crippen molar-refractivity contribution in [3.8, 4) is 51.0 Å². The van der Waals surface area contributed by atoms with Crippen LogP contribution in [0.3, 0.4) is 0 Å². The van der Waals surface area contributed by atoms with Crippen molar-refractivity contribution < 1.29 is 11.3 Å². The average molecular weight is 646 g/mol. The van der Waals surface area contributed by atoms with Crippen molar-refractivity contribution in [2.75, 3.05) is 0 Å². The molecular weight excluding hydrogens is 613 g/mol. The van der Waals surface area contributed by atoms with E-state index in [1.807, 2.05) is 115 Å². The Labute approximate surface area is 294 Å². The molecule has 5 nitrogen and oxygen atoms in total. The van der Waals surface area contributed by atoms with Gasteiger partial charge >= 0.3 is 0 Å². The molecule has 0 aliphatic carbocycles. The fraction of sp³-hybridized carbons (Fsp3) is 0. The van der Waals surface area contributed by atoms with Crippen LogP contribution in [0.4, 0.5) is 0 Å². The van der Waals surface area contributed by atoms with Crippen LogP contribution in [-0.2, 0) is 0 Å².